The van der Waals surface area contributed by atoms with E-state index in [1.807, 2.05) is 6.92 Å². The van der Waals surface area contributed by atoms with Crippen molar-refractivity contribution < 1.29 is 32.2 Å². The number of terminal acetylenes is 1. The van der Waals surface area contributed by atoms with Crippen LogP contribution in [0.5, 0.6) is 0 Å². The first-order chi connectivity index (χ1) is 17.6. The van der Waals surface area contributed by atoms with E-state index in [2.05, 4.69) is 12.8 Å². The molecule has 0 spiro atoms. The summed E-state index contributed by atoms with van der Waals surface area (Å²) >= 11 is 0. The molecule has 37 heavy (non-hydrogen) atoms. The van der Waals surface area contributed by atoms with Gasteiger partial charge in [-0.25, -0.2) is 9.59 Å². The van der Waals surface area contributed by atoms with E-state index in [1.54, 1.807) is 9.88 Å². The van der Waals surface area contributed by atoms with Gasteiger partial charge in [0.05, 0.1) is 6.10 Å². The zero-order chi connectivity index (χ0) is 27.4. The van der Waals surface area contributed by atoms with Crippen molar-refractivity contribution in [2.45, 2.75) is 89.8 Å². The molecule has 1 aliphatic rings. The number of hydrogen-bond donors (Lipinski definition) is 1. The number of carbonyl (C=O) groups is 1. The average Bonchev–Trinajstić information content (AvgIpc) is 3.24. The Balaban J connectivity index is 2.06. The quantitative estimate of drug-likeness (QED) is 0.287. The summed E-state index contributed by atoms with van der Waals surface area (Å²) in [5.74, 6) is 2.30. The zero-order valence-electron chi connectivity index (χ0n) is 21.3. The van der Waals surface area contributed by atoms with Crippen molar-refractivity contribution in [2.24, 2.45) is 0 Å². The number of aromatic nitrogens is 2. The molecule has 1 aliphatic heterocycles. The third kappa shape index (κ3) is 9.23. The van der Waals surface area contributed by atoms with Crippen LogP contribution in [0.4, 0.5) is 18.0 Å². The van der Waals surface area contributed by atoms with Gasteiger partial charge in [-0.2, -0.15) is 13.2 Å². The van der Waals surface area contributed by atoms with Crippen LogP contribution in [-0.2, 0) is 20.4 Å². The highest BCUT2D eigenvalue weighted by atomic mass is 19.4. The summed E-state index contributed by atoms with van der Waals surface area (Å²) in [4.78, 5) is 39.9. The molecule has 0 saturated carbocycles. The van der Waals surface area contributed by atoms with Crippen LogP contribution in [0.3, 0.4) is 0 Å². The first kappa shape index (κ1) is 30.4. The molecular weight excluding hydrogens is 495 g/mol. The Morgan fingerprint density at radius 2 is 1.89 bits per heavy atom. The summed E-state index contributed by atoms with van der Waals surface area (Å²) in [7, 11) is 0. The van der Waals surface area contributed by atoms with Gasteiger partial charge >= 0.3 is 18.0 Å². The lowest BCUT2D eigenvalue weighted by atomic mass is 10.1. The number of ether oxygens (including phenoxy) is 3. The van der Waals surface area contributed by atoms with E-state index in [1.165, 1.54) is 6.42 Å². The van der Waals surface area contributed by atoms with Crippen LogP contribution < -0.4 is 11.2 Å². The Bertz CT molecular complexity index is 1020. The topological polar surface area (TPSA) is 103 Å². The molecule has 9 nitrogen and oxygen atoms in total. The van der Waals surface area contributed by atoms with Crippen LogP contribution in [0.2, 0.25) is 0 Å². The number of amides is 1. The fourth-order valence-electron chi connectivity index (χ4n) is 4.14. The SMILES string of the molecule is C#CCO[C@H]1C[C@H](n2cc(C(F)(F)F)c(=O)[nH]c2=O)O[C@@H]1COC(=O)N(CCC)CCCCCCCC. The number of H-pyrrole nitrogens is 1. The van der Waals surface area contributed by atoms with Crippen molar-refractivity contribution in [2.75, 3.05) is 26.3 Å². The molecule has 2 rings (SSSR count). The highest BCUT2D eigenvalue weighted by Gasteiger charge is 2.40. The third-order valence-electron chi connectivity index (χ3n) is 6.05. The summed E-state index contributed by atoms with van der Waals surface area (Å²) in [6, 6.07) is 0. The maximum absolute atomic E-state index is 13.2. The number of unbranched alkanes of at least 4 members (excludes halogenated alkanes) is 5. The normalized spacial score (nSPS) is 19.5. The maximum Gasteiger partial charge on any atom is 0.423 e. The van der Waals surface area contributed by atoms with E-state index < -0.39 is 47.5 Å². The van der Waals surface area contributed by atoms with Gasteiger partial charge < -0.3 is 19.1 Å². The van der Waals surface area contributed by atoms with Crippen LogP contribution in [0.1, 0.15) is 77.0 Å². The third-order valence-corrected chi connectivity index (χ3v) is 6.05. The van der Waals surface area contributed by atoms with Gasteiger partial charge in [-0.15, -0.1) is 6.42 Å². The molecule has 0 radical (unpaired) electrons. The first-order valence-electron chi connectivity index (χ1n) is 12.7. The van der Waals surface area contributed by atoms with Crippen molar-refractivity contribution in [3.63, 3.8) is 0 Å². The number of alkyl halides is 3. The summed E-state index contributed by atoms with van der Waals surface area (Å²) in [5.41, 5.74) is -4.14. The molecule has 1 aromatic rings. The number of carbonyl (C=O) groups excluding carboxylic acids is 1. The fourth-order valence-corrected chi connectivity index (χ4v) is 4.14. The molecule has 12 heteroatoms. The van der Waals surface area contributed by atoms with E-state index in [0.29, 0.717) is 23.9 Å². The Morgan fingerprint density at radius 3 is 2.54 bits per heavy atom. The van der Waals surface area contributed by atoms with Gasteiger partial charge in [0.2, 0.25) is 0 Å². The molecule has 1 aromatic heterocycles. The minimum Gasteiger partial charge on any atom is -0.447 e. The largest absolute Gasteiger partial charge is 0.447 e. The van der Waals surface area contributed by atoms with Crippen molar-refractivity contribution in [1.29, 1.82) is 0 Å². The predicted octanol–water partition coefficient (Wildman–Crippen LogP) is 4.07. The molecule has 1 fully saturated rings. The zero-order valence-corrected chi connectivity index (χ0v) is 21.3. The Labute approximate surface area is 214 Å². The standard InChI is InChI=1S/C25H36F3N3O6/c1-4-7-8-9-10-11-13-30(12-5-2)24(34)36-17-20-19(35-14-6-3)15-21(37-20)31-16-18(25(26,27)28)22(32)29-23(31)33/h3,16,19-21H,4-5,7-15,17H2,1-2H3,(H,29,32,33)/t19-,20+,21+/m0/s1. The van der Waals surface area contributed by atoms with Gasteiger partial charge in [0.25, 0.3) is 5.56 Å². The van der Waals surface area contributed by atoms with Gasteiger partial charge in [0, 0.05) is 25.7 Å². The number of nitrogens with zero attached hydrogens (tertiary/aromatic N) is 2. The summed E-state index contributed by atoms with van der Waals surface area (Å²) < 4.78 is 57.0. The van der Waals surface area contributed by atoms with Crippen LogP contribution >= 0.6 is 0 Å². The van der Waals surface area contributed by atoms with E-state index in [-0.39, 0.29) is 19.6 Å². The monoisotopic (exact) mass is 531 g/mol. The molecule has 3 atom stereocenters. The molecule has 208 valence electrons. The number of aromatic amines is 1. The molecule has 1 amide bonds. The molecule has 2 heterocycles. The van der Waals surface area contributed by atoms with E-state index in [0.717, 1.165) is 38.5 Å². The van der Waals surface area contributed by atoms with Crippen LogP contribution in [0.25, 0.3) is 0 Å². The smallest absolute Gasteiger partial charge is 0.423 e. The van der Waals surface area contributed by atoms with Crippen LogP contribution in [-0.4, -0.2) is 59.1 Å². The Morgan fingerprint density at radius 1 is 1.19 bits per heavy atom. The van der Waals surface area contributed by atoms with Crippen LogP contribution in [0.15, 0.2) is 15.8 Å². The van der Waals surface area contributed by atoms with E-state index in [4.69, 9.17) is 20.6 Å². The van der Waals surface area contributed by atoms with Crippen molar-refractivity contribution in [3.8, 4) is 12.3 Å². The molecular formula is C25H36F3N3O6. The molecule has 0 aliphatic carbocycles. The van der Waals surface area contributed by atoms with Gasteiger partial charge in [0.1, 0.15) is 31.1 Å². The summed E-state index contributed by atoms with van der Waals surface area (Å²) in [6.45, 7) is 4.82. The van der Waals surface area contributed by atoms with Gasteiger partial charge in [0.15, 0.2) is 0 Å². The van der Waals surface area contributed by atoms with E-state index >= 15 is 0 Å². The molecule has 0 unspecified atom stereocenters. The van der Waals surface area contributed by atoms with Gasteiger partial charge in [-0.3, -0.25) is 14.3 Å². The van der Waals surface area contributed by atoms with Crippen molar-refractivity contribution in [1.82, 2.24) is 14.5 Å². The van der Waals surface area contributed by atoms with Crippen molar-refractivity contribution >= 4 is 6.09 Å². The summed E-state index contributed by atoms with van der Waals surface area (Å²) in [6.07, 6.45) is 4.55. The van der Waals surface area contributed by atoms with Crippen molar-refractivity contribution in [3.05, 3.63) is 32.6 Å². The minimum atomic E-state index is -4.96. The maximum atomic E-state index is 13.2. The first-order valence-corrected chi connectivity index (χ1v) is 12.7. The number of hydrogen-bond acceptors (Lipinski definition) is 6. The Kier molecular flexibility index (Phi) is 12.2. The van der Waals surface area contributed by atoms with Gasteiger partial charge in [-0.1, -0.05) is 51.9 Å². The number of halogens is 3. The van der Waals surface area contributed by atoms with Gasteiger partial charge in [-0.05, 0) is 12.8 Å². The second-order valence-corrected chi connectivity index (χ2v) is 8.96. The Hall–Kier alpha value is -2.78. The lowest BCUT2D eigenvalue weighted by Gasteiger charge is -2.24. The summed E-state index contributed by atoms with van der Waals surface area (Å²) in [5, 5.41) is 0. The second-order valence-electron chi connectivity index (χ2n) is 8.96. The van der Waals surface area contributed by atoms with E-state index in [9.17, 15) is 27.6 Å². The lowest BCUT2D eigenvalue weighted by molar-refractivity contribution is -0.139. The molecule has 1 saturated heterocycles. The average molecular weight is 532 g/mol. The predicted molar refractivity (Wildman–Crippen MR) is 130 cm³/mol. The number of rotatable bonds is 14. The molecule has 0 bridgehead atoms. The highest BCUT2D eigenvalue weighted by molar-refractivity contribution is 5.67. The second kappa shape index (κ2) is 14.8. The lowest BCUT2D eigenvalue weighted by Crippen LogP contribution is -2.37. The molecule has 1 N–H and O–H groups in total. The number of nitrogens with one attached hydrogen (secondary N) is 1. The van der Waals surface area contributed by atoms with Crippen LogP contribution in [0, 0.1) is 12.3 Å². The fraction of sp³-hybridized carbons (Fsp3) is 0.720. The highest BCUT2D eigenvalue weighted by Crippen LogP contribution is 2.32. The minimum absolute atomic E-state index is 0.0381. The molecule has 0 aromatic carbocycles.